The van der Waals surface area contributed by atoms with Crippen molar-refractivity contribution in [2.24, 2.45) is 0 Å². The van der Waals surface area contributed by atoms with E-state index in [-0.39, 0.29) is 0 Å². The summed E-state index contributed by atoms with van der Waals surface area (Å²) in [5.41, 5.74) is 2.04. The van der Waals surface area contributed by atoms with E-state index in [1.54, 1.807) is 0 Å². The lowest BCUT2D eigenvalue weighted by Gasteiger charge is -2.38. The monoisotopic (exact) mass is 283 g/mol. The topological polar surface area (TPSA) is 29.0 Å². The molecule has 0 unspecified atom stereocenters. The second kappa shape index (κ2) is 5.13. The Bertz CT molecular complexity index is 363. The van der Waals surface area contributed by atoms with Gasteiger partial charge in [0.1, 0.15) is 0 Å². The third-order valence-electron chi connectivity index (χ3n) is 3.16. The highest BCUT2D eigenvalue weighted by atomic mass is 79.9. The number of nitrogens with zero attached hydrogens (tertiary/aromatic N) is 3. The first kappa shape index (κ1) is 11.8. The van der Waals surface area contributed by atoms with Gasteiger partial charge in [0.05, 0.1) is 11.4 Å². The summed E-state index contributed by atoms with van der Waals surface area (Å²) in [6.07, 6.45) is 5.78. The maximum Gasteiger partial charge on any atom is 0.150 e. The summed E-state index contributed by atoms with van der Waals surface area (Å²) in [6, 6.07) is 0.673. The van der Waals surface area contributed by atoms with E-state index in [4.69, 9.17) is 0 Å². The van der Waals surface area contributed by atoms with Gasteiger partial charge in [0.25, 0.3) is 0 Å². The third-order valence-corrected chi connectivity index (χ3v) is 3.52. The second-order valence-corrected chi connectivity index (χ2v) is 5.18. The number of halogens is 1. The van der Waals surface area contributed by atoms with Crippen molar-refractivity contribution in [3.8, 4) is 0 Å². The van der Waals surface area contributed by atoms with E-state index in [0.29, 0.717) is 6.04 Å². The van der Waals surface area contributed by atoms with Crippen molar-refractivity contribution >= 4 is 21.7 Å². The van der Waals surface area contributed by atoms with Crippen LogP contribution in [0.25, 0.3) is 0 Å². The average molecular weight is 284 g/mol. The SMILES string of the molecule is Cc1cnc(C)c(N(CCBr)C2CCC2)n1. The standard InChI is InChI=1S/C12H18BrN3/c1-9-8-14-10(2)12(15-9)16(7-6-13)11-4-3-5-11/h8,11H,3-7H2,1-2H3. The number of hydrogen-bond acceptors (Lipinski definition) is 3. The van der Waals surface area contributed by atoms with Crippen molar-refractivity contribution in [1.82, 2.24) is 9.97 Å². The largest absolute Gasteiger partial charge is 0.351 e. The van der Waals surface area contributed by atoms with E-state index in [2.05, 4.69) is 30.8 Å². The van der Waals surface area contributed by atoms with Gasteiger partial charge < -0.3 is 4.90 Å². The molecule has 0 amide bonds. The molecular weight excluding hydrogens is 266 g/mol. The number of aromatic nitrogens is 2. The molecule has 1 aromatic heterocycles. The first-order chi connectivity index (χ1) is 7.72. The molecular formula is C12H18BrN3. The Morgan fingerprint density at radius 1 is 1.44 bits per heavy atom. The first-order valence-corrected chi connectivity index (χ1v) is 6.97. The second-order valence-electron chi connectivity index (χ2n) is 4.39. The summed E-state index contributed by atoms with van der Waals surface area (Å²) in [5.74, 6) is 1.07. The quantitative estimate of drug-likeness (QED) is 0.796. The number of alkyl halides is 1. The minimum absolute atomic E-state index is 0.673. The molecule has 0 bridgehead atoms. The molecule has 1 aliphatic carbocycles. The molecule has 0 N–H and O–H groups in total. The predicted molar refractivity (Wildman–Crippen MR) is 70.3 cm³/mol. The van der Waals surface area contributed by atoms with Crippen LogP contribution >= 0.6 is 15.9 Å². The molecule has 1 saturated carbocycles. The molecule has 3 nitrogen and oxygen atoms in total. The van der Waals surface area contributed by atoms with Gasteiger partial charge in [-0.2, -0.15) is 0 Å². The van der Waals surface area contributed by atoms with Crippen LogP contribution in [0.3, 0.4) is 0 Å². The van der Waals surface area contributed by atoms with Crippen molar-refractivity contribution in [2.45, 2.75) is 39.2 Å². The highest BCUT2D eigenvalue weighted by Crippen LogP contribution is 2.29. The van der Waals surface area contributed by atoms with E-state index in [0.717, 1.165) is 29.1 Å². The van der Waals surface area contributed by atoms with Crippen molar-refractivity contribution in [2.75, 3.05) is 16.8 Å². The summed E-state index contributed by atoms with van der Waals surface area (Å²) in [7, 11) is 0. The minimum Gasteiger partial charge on any atom is -0.351 e. The van der Waals surface area contributed by atoms with Crippen LogP contribution in [0.1, 0.15) is 30.7 Å². The Morgan fingerprint density at radius 2 is 2.19 bits per heavy atom. The molecule has 1 aromatic rings. The summed E-state index contributed by atoms with van der Waals surface area (Å²) < 4.78 is 0. The van der Waals surface area contributed by atoms with Crippen LogP contribution in [0.5, 0.6) is 0 Å². The van der Waals surface area contributed by atoms with Crippen molar-refractivity contribution in [3.63, 3.8) is 0 Å². The zero-order chi connectivity index (χ0) is 11.5. The van der Waals surface area contributed by atoms with Gasteiger partial charge >= 0.3 is 0 Å². The van der Waals surface area contributed by atoms with Crippen molar-refractivity contribution in [3.05, 3.63) is 17.6 Å². The van der Waals surface area contributed by atoms with Gasteiger partial charge in [0.15, 0.2) is 5.82 Å². The fourth-order valence-electron chi connectivity index (χ4n) is 2.05. The summed E-state index contributed by atoms with van der Waals surface area (Å²) in [6.45, 7) is 5.06. The van der Waals surface area contributed by atoms with Crippen LogP contribution in [-0.2, 0) is 0 Å². The highest BCUT2D eigenvalue weighted by molar-refractivity contribution is 9.09. The highest BCUT2D eigenvalue weighted by Gasteiger charge is 2.26. The Labute approximate surface area is 105 Å². The van der Waals surface area contributed by atoms with E-state index in [1.807, 2.05) is 20.0 Å². The molecule has 0 aliphatic heterocycles. The minimum atomic E-state index is 0.673. The smallest absolute Gasteiger partial charge is 0.150 e. The summed E-state index contributed by atoms with van der Waals surface area (Å²) >= 11 is 3.52. The lowest BCUT2D eigenvalue weighted by Crippen LogP contribution is -2.42. The molecule has 1 aliphatic rings. The van der Waals surface area contributed by atoms with Gasteiger partial charge in [-0.3, -0.25) is 4.98 Å². The zero-order valence-corrected chi connectivity index (χ0v) is 11.5. The van der Waals surface area contributed by atoms with Crippen molar-refractivity contribution in [1.29, 1.82) is 0 Å². The predicted octanol–water partition coefficient (Wildman–Crippen LogP) is 2.85. The fourth-order valence-corrected chi connectivity index (χ4v) is 2.43. The molecule has 1 fully saturated rings. The van der Waals surface area contributed by atoms with Crippen LogP contribution in [0, 0.1) is 13.8 Å². The molecule has 88 valence electrons. The number of rotatable bonds is 4. The van der Waals surface area contributed by atoms with Gasteiger partial charge in [0, 0.05) is 24.1 Å². The molecule has 0 aromatic carbocycles. The lowest BCUT2D eigenvalue weighted by atomic mass is 9.91. The first-order valence-electron chi connectivity index (χ1n) is 5.85. The van der Waals surface area contributed by atoms with Crippen LogP contribution in [0.15, 0.2) is 6.20 Å². The van der Waals surface area contributed by atoms with E-state index in [1.165, 1.54) is 19.3 Å². The molecule has 0 saturated heterocycles. The molecule has 2 rings (SSSR count). The fraction of sp³-hybridized carbons (Fsp3) is 0.667. The number of anilines is 1. The normalized spacial score (nSPS) is 15.9. The molecule has 4 heteroatoms. The van der Waals surface area contributed by atoms with Gasteiger partial charge in [-0.1, -0.05) is 15.9 Å². The molecule has 1 heterocycles. The number of aryl methyl sites for hydroxylation is 2. The van der Waals surface area contributed by atoms with E-state index in [9.17, 15) is 0 Å². The lowest BCUT2D eigenvalue weighted by molar-refractivity contribution is 0.388. The van der Waals surface area contributed by atoms with Gasteiger partial charge in [-0.25, -0.2) is 4.98 Å². The Kier molecular flexibility index (Phi) is 3.79. The molecule has 0 radical (unpaired) electrons. The Morgan fingerprint density at radius 3 is 2.75 bits per heavy atom. The molecule has 16 heavy (non-hydrogen) atoms. The van der Waals surface area contributed by atoms with E-state index < -0.39 is 0 Å². The number of hydrogen-bond donors (Lipinski definition) is 0. The van der Waals surface area contributed by atoms with Gasteiger partial charge in [-0.05, 0) is 33.1 Å². The summed E-state index contributed by atoms with van der Waals surface area (Å²) in [5, 5.41) is 0.985. The van der Waals surface area contributed by atoms with Gasteiger partial charge in [0.2, 0.25) is 0 Å². The van der Waals surface area contributed by atoms with Crippen LogP contribution < -0.4 is 4.90 Å². The Balaban J connectivity index is 2.25. The maximum atomic E-state index is 4.64. The van der Waals surface area contributed by atoms with Crippen molar-refractivity contribution < 1.29 is 0 Å². The molecule has 0 atom stereocenters. The zero-order valence-electron chi connectivity index (χ0n) is 9.91. The third kappa shape index (κ3) is 2.37. The Hall–Kier alpha value is -0.640. The summed E-state index contributed by atoms with van der Waals surface area (Å²) in [4.78, 5) is 11.5. The maximum absolute atomic E-state index is 4.64. The average Bonchev–Trinajstić information content (AvgIpc) is 2.18. The molecule has 0 spiro atoms. The van der Waals surface area contributed by atoms with Gasteiger partial charge in [-0.15, -0.1) is 0 Å². The van der Waals surface area contributed by atoms with Crippen LogP contribution in [0.2, 0.25) is 0 Å². The van der Waals surface area contributed by atoms with E-state index >= 15 is 0 Å². The van der Waals surface area contributed by atoms with Crippen LogP contribution in [0.4, 0.5) is 5.82 Å². The van der Waals surface area contributed by atoms with Crippen LogP contribution in [-0.4, -0.2) is 27.9 Å².